The quantitative estimate of drug-likeness (QED) is 0.561. The topological polar surface area (TPSA) is 42.1 Å². The van der Waals surface area contributed by atoms with E-state index in [1.54, 1.807) is 24.3 Å². The average Bonchev–Trinajstić information content (AvgIpc) is 2.69. The molecule has 4 rings (SSSR count). The van der Waals surface area contributed by atoms with E-state index in [2.05, 4.69) is 4.98 Å². The highest BCUT2D eigenvalue weighted by Crippen LogP contribution is 2.32. The van der Waals surface area contributed by atoms with Gasteiger partial charge < -0.3 is 9.72 Å². The van der Waals surface area contributed by atoms with E-state index in [0.29, 0.717) is 17.1 Å². The van der Waals surface area contributed by atoms with Gasteiger partial charge in [-0.25, -0.2) is 0 Å². The van der Waals surface area contributed by atoms with E-state index in [1.165, 1.54) is 12.1 Å². The highest BCUT2D eigenvalue weighted by molar-refractivity contribution is 5.67. The van der Waals surface area contributed by atoms with E-state index < -0.39 is 11.7 Å². The highest BCUT2D eigenvalue weighted by atomic mass is 19.4. The number of ether oxygens (including phenoxy) is 1. The van der Waals surface area contributed by atoms with Crippen LogP contribution < -0.4 is 10.2 Å². The second-order valence-electron chi connectivity index (χ2n) is 7.27. The first kappa shape index (κ1) is 19.3. The van der Waals surface area contributed by atoms with Crippen molar-refractivity contribution >= 4 is 0 Å². The van der Waals surface area contributed by atoms with Crippen molar-refractivity contribution in [3.05, 3.63) is 81.3 Å². The molecule has 0 radical (unpaired) electrons. The Morgan fingerprint density at radius 2 is 1.52 bits per heavy atom. The molecule has 0 amide bonds. The summed E-state index contributed by atoms with van der Waals surface area (Å²) < 4.78 is 43.6. The maximum absolute atomic E-state index is 13.0. The second kappa shape index (κ2) is 7.43. The summed E-state index contributed by atoms with van der Waals surface area (Å²) in [4.78, 5) is 16.4. The number of aromatic amines is 1. The number of alkyl halides is 3. The normalized spacial score (nSPS) is 13.8. The monoisotopic (exact) mass is 401 g/mol. The van der Waals surface area contributed by atoms with Gasteiger partial charge in [-0.05, 0) is 74.6 Å². The van der Waals surface area contributed by atoms with Crippen LogP contribution in [-0.2, 0) is 19.0 Å². The lowest BCUT2D eigenvalue weighted by atomic mass is 9.91. The Hall–Kier alpha value is -3.02. The summed E-state index contributed by atoms with van der Waals surface area (Å²) in [5.74, 6) is 0.800. The van der Waals surface area contributed by atoms with Crippen LogP contribution in [0.25, 0.3) is 11.1 Å². The third kappa shape index (κ3) is 3.92. The van der Waals surface area contributed by atoms with Crippen LogP contribution in [0.1, 0.15) is 36.8 Å². The van der Waals surface area contributed by atoms with Crippen molar-refractivity contribution < 1.29 is 19.3 Å². The fraction of sp³-hybridized carbons (Fsp3) is 0.261. The molecular formula is C23H22F3NO2. The lowest BCUT2D eigenvalue weighted by Crippen LogP contribution is -2.21. The van der Waals surface area contributed by atoms with Gasteiger partial charge in [0.25, 0.3) is 0 Å². The fourth-order valence-corrected chi connectivity index (χ4v) is 3.79. The smallest absolute Gasteiger partial charge is 0.416 e. The minimum Gasteiger partial charge on any atom is -0.457 e. The third-order valence-corrected chi connectivity index (χ3v) is 5.24. The van der Waals surface area contributed by atoms with Crippen molar-refractivity contribution in [1.29, 1.82) is 0 Å². The zero-order chi connectivity index (χ0) is 20.6. The molecule has 1 heterocycles. The van der Waals surface area contributed by atoms with E-state index in [9.17, 15) is 18.0 Å². The zero-order valence-corrected chi connectivity index (χ0v) is 15.9. The molecule has 3 nitrogen and oxygen atoms in total. The summed E-state index contributed by atoms with van der Waals surface area (Å²) in [7, 11) is 0. The largest absolute Gasteiger partial charge is 0.457 e. The molecule has 0 aliphatic heterocycles. The number of fused-ring (bicyclic) bond motifs is 1. The number of benzene rings is 2. The molecule has 2 aromatic carbocycles. The standard InChI is InChI=1S/C23H20F3NO2.H2/c1-14-21(22(28)19-4-2-3-5-20(19)27-14)15-6-10-17(11-7-15)29-18-12-8-16(9-13-18)23(24,25)26;/h6-13H,2-5H2,1H3,(H,27,28);1H. The molecule has 1 aromatic heterocycles. The van der Waals surface area contributed by atoms with Crippen LogP contribution >= 0.6 is 0 Å². The van der Waals surface area contributed by atoms with Gasteiger partial charge in [0, 0.05) is 23.9 Å². The number of halogens is 3. The Morgan fingerprint density at radius 3 is 2.14 bits per heavy atom. The van der Waals surface area contributed by atoms with Gasteiger partial charge in [0.05, 0.1) is 5.56 Å². The molecule has 1 aliphatic carbocycles. The van der Waals surface area contributed by atoms with Crippen LogP contribution in [0.2, 0.25) is 0 Å². The summed E-state index contributed by atoms with van der Waals surface area (Å²) in [6.07, 6.45) is -0.547. The van der Waals surface area contributed by atoms with Crippen LogP contribution in [0.3, 0.4) is 0 Å². The number of aryl methyl sites for hydroxylation is 2. The first-order valence-corrected chi connectivity index (χ1v) is 9.53. The molecule has 0 unspecified atom stereocenters. The van der Waals surface area contributed by atoms with E-state index >= 15 is 0 Å². The van der Waals surface area contributed by atoms with E-state index in [4.69, 9.17) is 4.74 Å². The van der Waals surface area contributed by atoms with Gasteiger partial charge in [-0.2, -0.15) is 13.2 Å². The molecule has 0 saturated heterocycles. The molecule has 0 saturated carbocycles. The average molecular weight is 401 g/mol. The molecule has 0 fully saturated rings. The summed E-state index contributed by atoms with van der Waals surface area (Å²) in [5, 5.41) is 0. The lowest BCUT2D eigenvalue weighted by Gasteiger charge is -2.18. The van der Waals surface area contributed by atoms with Crippen molar-refractivity contribution in [1.82, 2.24) is 4.98 Å². The zero-order valence-electron chi connectivity index (χ0n) is 15.9. The van der Waals surface area contributed by atoms with Gasteiger partial charge in [-0.3, -0.25) is 4.79 Å². The molecule has 152 valence electrons. The van der Waals surface area contributed by atoms with Gasteiger partial charge in [-0.1, -0.05) is 12.1 Å². The van der Waals surface area contributed by atoms with Crippen molar-refractivity contribution in [2.75, 3.05) is 0 Å². The Balaban J connectivity index is 0.00000256. The maximum Gasteiger partial charge on any atom is 0.416 e. The van der Waals surface area contributed by atoms with Crippen molar-refractivity contribution in [3.63, 3.8) is 0 Å². The maximum atomic E-state index is 13.0. The number of hydrogen-bond acceptors (Lipinski definition) is 2. The van der Waals surface area contributed by atoms with Crippen LogP contribution in [0.4, 0.5) is 13.2 Å². The highest BCUT2D eigenvalue weighted by Gasteiger charge is 2.30. The summed E-state index contributed by atoms with van der Waals surface area (Å²) in [5.41, 5.74) is 3.57. The Kier molecular flexibility index (Phi) is 4.94. The molecular weight excluding hydrogens is 379 g/mol. The summed E-state index contributed by atoms with van der Waals surface area (Å²) in [6, 6.07) is 11.6. The number of nitrogens with one attached hydrogen (secondary N) is 1. The van der Waals surface area contributed by atoms with Gasteiger partial charge in [0.1, 0.15) is 11.5 Å². The first-order valence-electron chi connectivity index (χ1n) is 9.53. The number of hydrogen-bond donors (Lipinski definition) is 1. The van der Waals surface area contributed by atoms with E-state index in [0.717, 1.165) is 60.3 Å². The van der Waals surface area contributed by atoms with Gasteiger partial charge in [0.2, 0.25) is 0 Å². The van der Waals surface area contributed by atoms with Gasteiger partial charge in [-0.15, -0.1) is 0 Å². The SMILES string of the molecule is Cc1[nH]c2c(c(=O)c1-c1ccc(Oc3ccc(C(F)(F)F)cc3)cc1)CCCC2.[HH]. The minimum absolute atomic E-state index is 0. The van der Waals surface area contributed by atoms with Crippen molar-refractivity contribution in [3.8, 4) is 22.6 Å². The van der Waals surface area contributed by atoms with Gasteiger partial charge >= 0.3 is 6.18 Å². The van der Waals surface area contributed by atoms with Crippen molar-refractivity contribution in [2.24, 2.45) is 0 Å². The minimum atomic E-state index is -4.38. The molecule has 6 heteroatoms. The number of aromatic nitrogens is 1. The lowest BCUT2D eigenvalue weighted by molar-refractivity contribution is -0.137. The van der Waals surface area contributed by atoms with Crippen LogP contribution in [-0.4, -0.2) is 4.98 Å². The molecule has 0 atom stereocenters. The van der Waals surface area contributed by atoms with Crippen LogP contribution in [0, 0.1) is 6.92 Å². The van der Waals surface area contributed by atoms with Crippen LogP contribution in [0.5, 0.6) is 11.5 Å². The first-order chi connectivity index (χ1) is 13.8. The predicted molar refractivity (Wildman–Crippen MR) is 108 cm³/mol. The van der Waals surface area contributed by atoms with Gasteiger partial charge in [0.15, 0.2) is 5.43 Å². The Morgan fingerprint density at radius 1 is 0.931 bits per heavy atom. The Bertz CT molecular complexity index is 1090. The fourth-order valence-electron chi connectivity index (χ4n) is 3.79. The molecule has 1 N–H and O–H groups in total. The number of H-pyrrole nitrogens is 1. The van der Waals surface area contributed by atoms with Crippen molar-refractivity contribution in [2.45, 2.75) is 38.8 Å². The predicted octanol–water partition coefficient (Wildman–Crippen LogP) is 6.29. The third-order valence-electron chi connectivity index (χ3n) is 5.24. The Labute approximate surface area is 167 Å². The molecule has 29 heavy (non-hydrogen) atoms. The van der Waals surface area contributed by atoms with Crippen LogP contribution in [0.15, 0.2) is 53.3 Å². The summed E-state index contributed by atoms with van der Waals surface area (Å²) >= 11 is 0. The number of pyridine rings is 1. The molecule has 3 aromatic rings. The second-order valence-corrected chi connectivity index (χ2v) is 7.27. The molecule has 0 bridgehead atoms. The van der Waals surface area contributed by atoms with E-state index in [-0.39, 0.29) is 6.86 Å². The summed E-state index contributed by atoms with van der Waals surface area (Å²) in [6.45, 7) is 1.90. The van der Waals surface area contributed by atoms with E-state index in [1.807, 2.05) is 6.92 Å². The number of rotatable bonds is 3. The molecule has 0 spiro atoms. The molecule has 1 aliphatic rings.